The van der Waals surface area contributed by atoms with E-state index in [4.69, 9.17) is 24.9 Å². The molecule has 1 aliphatic heterocycles. The summed E-state index contributed by atoms with van der Waals surface area (Å²) >= 11 is 3.64. The highest BCUT2D eigenvalue weighted by molar-refractivity contribution is 6.61. The lowest BCUT2D eigenvalue weighted by Gasteiger charge is -2.09. The number of halogens is 1. The maximum Gasteiger partial charge on any atom is 0.492 e. The van der Waals surface area contributed by atoms with Gasteiger partial charge in [-0.2, -0.15) is 0 Å². The Kier molecular flexibility index (Phi) is 6.06. The van der Waals surface area contributed by atoms with Crippen molar-refractivity contribution in [1.29, 1.82) is 0 Å². The first-order valence-corrected chi connectivity index (χ1v) is 5.64. The standard InChI is InChI=1S/C10H12BNO5.ClHO/c12-4-9-7-2-1-6(16-5-10(13)14)3-8(7)11(15)17-9;1-2/h1-3,9,15H,4-5,12H2,(H,13,14);2H. The molecule has 0 aliphatic carbocycles. The number of carboxylic acids is 1. The number of ether oxygens (including phenoxy) is 1. The lowest BCUT2D eigenvalue weighted by molar-refractivity contribution is -0.139. The van der Waals surface area contributed by atoms with Crippen LogP contribution in [0, 0.1) is 0 Å². The van der Waals surface area contributed by atoms with Crippen molar-refractivity contribution in [3.63, 3.8) is 0 Å². The Bertz CT molecular complexity index is 446. The molecule has 7 nitrogen and oxygen atoms in total. The van der Waals surface area contributed by atoms with Crippen molar-refractivity contribution in [2.24, 2.45) is 5.73 Å². The summed E-state index contributed by atoms with van der Waals surface area (Å²) in [7, 11) is -1.04. The van der Waals surface area contributed by atoms with Gasteiger partial charge >= 0.3 is 13.1 Å². The number of hydrogen-bond acceptors (Lipinski definition) is 6. The molecule has 5 N–H and O–H groups in total. The Hall–Kier alpha value is -1.32. The molecule has 0 spiro atoms. The third kappa shape index (κ3) is 3.82. The molecular formula is C10H13BClNO6. The van der Waals surface area contributed by atoms with Gasteiger partial charge < -0.3 is 25.3 Å². The van der Waals surface area contributed by atoms with Gasteiger partial charge in [0, 0.05) is 6.54 Å². The van der Waals surface area contributed by atoms with Crippen molar-refractivity contribution in [3.05, 3.63) is 23.8 Å². The summed E-state index contributed by atoms with van der Waals surface area (Å²) in [5, 5.41) is 18.1. The minimum Gasteiger partial charge on any atom is -0.482 e. The van der Waals surface area contributed by atoms with Gasteiger partial charge in [0.1, 0.15) is 5.75 Å². The van der Waals surface area contributed by atoms with E-state index >= 15 is 0 Å². The fourth-order valence-corrected chi connectivity index (χ4v) is 1.78. The number of nitrogens with two attached hydrogens (primary N) is 1. The number of carbonyl (C=O) groups is 1. The third-order valence-electron chi connectivity index (χ3n) is 2.54. The number of carboxylic acid groups (broad SMARTS) is 1. The van der Waals surface area contributed by atoms with Crippen LogP contribution in [0.4, 0.5) is 0 Å². The highest BCUT2D eigenvalue weighted by atomic mass is 35.5. The van der Waals surface area contributed by atoms with Crippen LogP contribution in [-0.2, 0) is 9.45 Å². The fraction of sp³-hybridized carbons (Fsp3) is 0.300. The van der Waals surface area contributed by atoms with Crippen LogP contribution in [0.2, 0.25) is 0 Å². The molecule has 1 aliphatic rings. The second-order valence-electron chi connectivity index (χ2n) is 3.69. The van der Waals surface area contributed by atoms with E-state index < -0.39 is 19.7 Å². The first-order valence-electron chi connectivity index (χ1n) is 5.30. The number of fused-ring (bicyclic) bond motifs is 1. The smallest absolute Gasteiger partial charge is 0.482 e. The predicted octanol–water partition coefficient (Wildman–Crippen LogP) is -1.000. The van der Waals surface area contributed by atoms with Gasteiger partial charge in [0.2, 0.25) is 0 Å². The molecule has 9 heteroatoms. The van der Waals surface area contributed by atoms with Crippen molar-refractivity contribution in [2.75, 3.05) is 13.2 Å². The number of benzene rings is 1. The summed E-state index contributed by atoms with van der Waals surface area (Å²) < 4.78 is 16.7. The molecule has 0 amide bonds. The van der Waals surface area contributed by atoms with E-state index in [-0.39, 0.29) is 12.6 Å². The molecule has 2 rings (SSSR count). The van der Waals surface area contributed by atoms with Crippen LogP contribution in [0.5, 0.6) is 5.75 Å². The van der Waals surface area contributed by atoms with E-state index in [1.54, 1.807) is 18.2 Å². The Balaban J connectivity index is 0.000000861. The Morgan fingerprint density at radius 3 is 2.79 bits per heavy atom. The van der Waals surface area contributed by atoms with Crippen LogP contribution in [0.1, 0.15) is 11.7 Å². The molecule has 0 saturated carbocycles. The number of aliphatic carboxylic acids is 1. The van der Waals surface area contributed by atoms with Crippen molar-refractivity contribution < 1.29 is 29.0 Å². The van der Waals surface area contributed by atoms with Crippen molar-refractivity contribution in [3.8, 4) is 5.75 Å². The van der Waals surface area contributed by atoms with Crippen molar-refractivity contribution in [1.82, 2.24) is 0 Å². The SMILES string of the molecule is NCC1OB(O)c2cc(OCC(=O)O)ccc21.OCl. The molecule has 1 aromatic carbocycles. The van der Waals surface area contributed by atoms with Crippen LogP contribution < -0.4 is 15.9 Å². The quantitative estimate of drug-likeness (QED) is 0.524. The number of hydrogen-bond donors (Lipinski definition) is 4. The molecule has 1 atom stereocenters. The van der Waals surface area contributed by atoms with Crippen LogP contribution >= 0.6 is 11.9 Å². The molecule has 1 heterocycles. The highest BCUT2D eigenvalue weighted by Gasteiger charge is 2.34. The molecule has 19 heavy (non-hydrogen) atoms. The van der Waals surface area contributed by atoms with Crippen LogP contribution in [-0.4, -0.2) is 41.0 Å². The van der Waals surface area contributed by atoms with E-state index in [0.29, 0.717) is 11.2 Å². The second kappa shape index (κ2) is 7.32. The minimum atomic E-state index is -1.05. The zero-order chi connectivity index (χ0) is 14.4. The average Bonchev–Trinajstić information content (AvgIpc) is 2.75. The summed E-state index contributed by atoms with van der Waals surface area (Å²) in [6.07, 6.45) is -0.325. The van der Waals surface area contributed by atoms with Gasteiger partial charge in [-0.25, -0.2) is 4.79 Å². The average molecular weight is 289 g/mol. The van der Waals surface area contributed by atoms with Crippen molar-refractivity contribution in [2.45, 2.75) is 6.10 Å². The molecule has 0 aromatic heterocycles. The first kappa shape index (κ1) is 15.7. The van der Waals surface area contributed by atoms with Gasteiger partial charge in [0.25, 0.3) is 0 Å². The summed E-state index contributed by atoms with van der Waals surface area (Å²) in [5.41, 5.74) is 6.88. The van der Waals surface area contributed by atoms with Crippen LogP contribution in [0.15, 0.2) is 18.2 Å². The zero-order valence-corrected chi connectivity index (χ0v) is 10.6. The van der Waals surface area contributed by atoms with E-state index in [9.17, 15) is 9.82 Å². The summed E-state index contributed by atoms with van der Waals surface area (Å²) in [6.45, 7) is -0.143. The maximum absolute atomic E-state index is 10.4. The number of rotatable bonds is 4. The summed E-state index contributed by atoms with van der Waals surface area (Å²) in [5.74, 6) is -0.673. The maximum atomic E-state index is 10.4. The molecule has 0 saturated heterocycles. The van der Waals surface area contributed by atoms with Gasteiger partial charge in [0.05, 0.1) is 18.0 Å². The van der Waals surface area contributed by atoms with Crippen molar-refractivity contribution >= 4 is 30.4 Å². The lowest BCUT2D eigenvalue weighted by atomic mass is 9.79. The van der Waals surface area contributed by atoms with Gasteiger partial charge in [-0.15, -0.1) is 0 Å². The monoisotopic (exact) mass is 289 g/mol. The molecule has 1 unspecified atom stereocenters. The van der Waals surface area contributed by atoms with Gasteiger partial charge in [-0.1, -0.05) is 6.07 Å². The molecular weight excluding hydrogens is 276 g/mol. The van der Waals surface area contributed by atoms with Crippen LogP contribution in [0.3, 0.4) is 0 Å². The highest BCUT2D eigenvalue weighted by Crippen LogP contribution is 2.24. The van der Waals surface area contributed by atoms with E-state index in [1.165, 1.54) is 0 Å². The molecule has 1 aromatic rings. The normalized spacial score (nSPS) is 16.4. The van der Waals surface area contributed by atoms with E-state index in [1.807, 2.05) is 0 Å². The Morgan fingerprint density at radius 1 is 1.53 bits per heavy atom. The topological polar surface area (TPSA) is 122 Å². The van der Waals surface area contributed by atoms with E-state index in [0.717, 1.165) is 5.56 Å². The van der Waals surface area contributed by atoms with Gasteiger partial charge in [0.15, 0.2) is 6.61 Å². The fourth-order valence-electron chi connectivity index (χ4n) is 1.78. The second-order valence-corrected chi connectivity index (χ2v) is 3.69. The Labute approximate surface area is 114 Å². The van der Waals surface area contributed by atoms with E-state index in [2.05, 4.69) is 11.9 Å². The lowest BCUT2D eigenvalue weighted by Crippen LogP contribution is -2.28. The zero-order valence-electron chi connectivity index (χ0n) is 9.82. The molecule has 0 bridgehead atoms. The Morgan fingerprint density at radius 2 is 2.21 bits per heavy atom. The van der Waals surface area contributed by atoms with Gasteiger partial charge in [-0.05, 0) is 23.2 Å². The molecule has 0 radical (unpaired) electrons. The minimum absolute atomic E-state index is 0.277. The third-order valence-corrected chi connectivity index (χ3v) is 2.54. The van der Waals surface area contributed by atoms with Crippen LogP contribution in [0.25, 0.3) is 0 Å². The predicted molar refractivity (Wildman–Crippen MR) is 68.1 cm³/mol. The molecule has 104 valence electrons. The summed E-state index contributed by atoms with van der Waals surface area (Å²) in [6, 6.07) is 4.92. The summed E-state index contributed by atoms with van der Waals surface area (Å²) in [4.78, 5) is 10.4. The largest absolute Gasteiger partial charge is 0.492 e. The first-order chi connectivity index (χ1) is 9.11. The molecule has 0 fully saturated rings. The van der Waals surface area contributed by atoms with Gasteiger partial charge in [-0.3, -0.25) is 4.66 Å².